The molecule has 1 nitrogen and oxygen atoms in total. The van der Waals surface area contributed by atoms with Crippen molar-refractivity contribution in [3.05, 3.63) is 0 Å². The second-order valence-electron chi connectivity index (χ2n) is 3.07. The lowest BCUT2D eigenvalue weighted by atomic mass is 10.0. The van der Waals surface area contributed by atoms with E-state index in [9.17, 15) is 0 Å². The Labute approximate surface area is 74.1 Å². The Kier molecular flexibility index (Phi) is 4.66. The second kappa shape index (κ2) is 4.42. The van der Waals surface area contributed by atoms with Gasteiger partial charge in [0.2, 0.25) is 0 Å². The van der Waals surface area contributed by atoms with Gasteiger partial charge in [0.15, 0.2) is 0 Å². The second-order valence-corrected chi connectivity index (χ2v) is 3.38. The van der Waals surface area contributed by atoms with Crippen molar-refractivity contribution in [1.29, 1.82) is 0 Å². The molecule has 0 N–H and O–H groups in total. The van der Waals surface area contributed by atoms with Crippen molar-refractivity contribution in [2.24, 2.45) is 5.92 Å². The molecular weight excluding hydrogens is 169 g/mol. The number of likely N-dealkylation sites (tertiary alicyclic amines) is 1. The van der Waals surface area contributed by atoms with Crippen molar-refractivity contribution in [3.63, 3.8) is 0 Å². The summed E-state index contributed by atoms with van der Waals surface area (Å²) in [6, 6.07) is 0.712. The Balaban J connectivity index is 0.000000810. The predicted molar refractivity (Wildman–Crippen MR) is 48.2 cm³/mol. The van der Waals surface area contributed by atoms with Crippen LogP contribution in [-0.4, -0.2) is 29.9 Å². The van der Waals surface area contributed by atoms with E-state index in [0.717, 1.165) is 11.8 Å². The molecule has 0 atom stereocenters. The third-order valence-corrected chi connectivity index (χ3v) is 2.37. The zero-order valence-corrected chi connectivity index (χ0v) is 8.08. The number of hydrogen-bond acceptors (Lipinski definition) is 1. The first-order valence-corrected chi connectivity index (χ1v) is 4.07. The molecule has 0 radical (unpaired) electrons. The fourth-order valence-electron chi connectivity index (χ4n) is 1.13. The number of rotatable bonds is 2. The van der Waals surface area contributed by atoms with Crippen LogP contribution in [0.15, 0.2) is 0 Å². The summed E-state index contributed by atoms with van der Waals surface area (Å²) in [4.78, 5) is 2.44. The van der Waals surface area contributed by atoms with Crippen LogP contribution in [0.2, 0.25) is 0 Å². The highest BCUT2D eigenvalue weighted by Gasteiger charge is 2.26. The van der Waals surface area contributed by atoms with Crippen molar-refractivity contribution in [3.8, 4) is 0 Å². The van der Waals surface area contributed by atoms with E-state index in [1.165, 1.54) is 13.1 Å². The first kappa shape index (κ1) is 10.5. The standard InChI is InChI=1S/C7H14ClN.ClH/c1-6(2)9-4-7(3-8)5-9;/h6-7H,3-5H2,1-2H3;1H. The Hall–Kier alpha value is 0.540. The highest BCUT2D eigenvalue weighted by molar-refractivity contribution is 6.18. The zero-order valence-electron chi connectivity index (χ0n) is 6.51. The maximum Gasteiger partial charge on any atom is 0.0276 e. The molecule has 0 aliphatic carbocycles. The number of alkyl halides is 1. The lowest BCUT2D eigenvalue weighted by Crippen LogP contribution is -2.50. The van der Waals surface area contributed by atoms with Gasteiger partial charge in [0, 0.05) is 25.0 Å². The molecule has 0 saturated carbocycles. The smallest absolute Gasteiger partial charge is 0.0276 e. The Morgan fingerprint density at radius 3 is 2.30 bits per heavy atom. The summed E-state index contributed by atoms with van der Waals surface area (Å²) in [5.74, 6) is 1.61. The molecule has 1 saturated heterocycles. The Bertz CT molecular complexity index is 89.6. The molecule has 0 unspecified atom stereocenters. The molecule has 62 valence electrons. The average Bonchev–Trinajstić information content (AvgIpc) is 1.61. The van der Waals surface area contributed by atoms with Gasteiger partial charge in [-0.25, -0.2) is 0 Å². The van der Waals surface area contributed by atoms with E-state index in [2.05, 4.69) is 18.7 Å². The largest absolute Gasteiger partial charge is 0.300 e. The minimum absolute atomic E-state index is 0. The van der Waals surface area contributed by atoms with Crippen LogP contribution in [0.5, 0.6) is 0 Å². The van der Waals surface area contributed by atoms with E-state index < -0.39 is 0 Å². The first-order valence-electron chi connectivity index (χ1n) is 3.54. The van der Waals surface area contributed by atoms with E-state index in [1.54, 1.807) is 0 Å². The summed E-state index contributed by atoms with van der Waals surface area (Å²) in [6.45, 7) is 6.87. The lowest BCUT2D eigenvalue weighted by molar-refractivity contribution is 0.0806. The molecule has 0 bridgehead atoms. The van der Waals surface area contributed by atoms with Gasteiger partial charge in [0.25, 0.3) is 0 Å². The van der Waals surface area contributed by atoms with Gasteiger partial charge in [0.05, 0.1) is 0 Å². The average molecular weight is 184 g/mol. The van der Waals surface area contributed by atoms with Gasteiger partial charge in [-0.3, -0.25) is 0 Å². The molecule has 1 rings (SSSR count). The number of nitrogens with zero attached hydrogens (tertiary/aromatic N) is 1. The number of hydrogen-bond donors (Lipinski definition) is 0. The fraction of sp³-hybridized carbons (Fsp3) is 1.00. The van der Waals surface area contributed by atoms with Crippen molar-refractivity contribution in [2.45, 2.75) is 19.9 Å². The van der Waals surface area contributed by atoms with Gasteiger partial charge in [-0.15, -0.1) is 24.0 Å². The summed E-state index contributed by atoms with van der Waals surface area (Å²) >= 11 is 5.65. The molecule has 3 heteroatoms. The topological polar surface area (TPSA) is 3.24 Å². The van der Waals surface area contributed by atoms with Crippen LogP contribution >= 0.6 is 24.0 Å². The van der Waals surface area contributed by atoms with Crippen LogP contribution in [0.1, 0.15) is 13.8 Å². The molecule has 1 aliphatic heterocycles. The quantitative estimate of drug-likeness (QED) is 0.593. The zero-order chi connectivity index (χ0) is 6.85. The minimum atomic E-state index is 0. The SMILES string of the molecule is CC(C)N1CC(CCl)C1.Cl. The number of halogens is 2. The first-order chi connectivity index (χ1) is 4.24. The third kappa shape index (κ3) is 2.30. The van der Waals surface area contributed by atoms with Crippen LogP contribution in [0.3, 0.4) is 0 Å². The lowest BCUT2D eigenvalue weighted by Gasteiger charge is -2.41. The third-order valence-electron chi connectivity index (χ3n) is 1.93. The monoisotopic (exact) mass is 183 g/mol. The molecule has 0 amide bonds. The molecule has 0 aromatic rings. The van der Waals surface area contributed by atoms with Crippen molar-refractivity contribution >= 4 is 24.0 Å². The van der Waals surface area contributed by atoms with Gasteiger partial charge in [-0.1, -0.05) is 0 Å². The van der Waals surface area contributed by atoms with E-state index >= 15 is 0 Å². The highest BCUT2D eigenvalue weighted by Crippen LogP contribution is 2.18. The Morgan fingerprint density at radius 2 is 2.00 bits per heavy atom. The van der Waals surface area contributed by atoms with Gasteiger partial charge in [-0.2, -0.15) is 0 Å². The molecule has 0 aromatic heterocycles. The molecule has 0 spiro atoms. The molecule has 1 heterocycles. The normalized spacial score (nSPS) is 20.4. The molecule has 10 heavy (non-hydrogen) atoms. The Morgan fingerprint density at radius 1 is 1.50 bits per heavy atom. The summed E-state index contributed by atoms with van der Waals surface area (Å²) in [5, 5.41) is 0. The predicted octanol–water partition coefficient (Wildman–Crippen LogP) is 1.99. The van der Waals surface area contributed by atoms with Crippen LogP contribution in [0.4, 0.5) is 0 Å². The van der Waals surface area contributed by atoms with E-state index in [4.69, 9.17) is 11.6 Å². The summed E-state index contributed by atoms with van der Waals surface area (Å²) in [5.41, 5.74) is 0. The summed E-state index contributed by atoms with van der Waals surface area (Å²) < 4.78 is 0. The molecule has 1 aliphatic rings. The van der Waals surface area contributed by atoms with Crippen LogP contribution in [0.25, 0.3) is 0 Å². The van der Waals surface area contributed by atoms with Gasteiger partial charge >= 0.3 is 0 Å². The highest BCUT2D eigenvalue weighted by atomic mass is 35.5. The van der Waals surface area contributed by atoms with E-state index in [1.807, 2.05) is 0 Å². The molecule has 1 fully saturated rings. The molecule has 0 aromatic carbocycles. The summed E-state index contributed by atoms with van der Waals surface area (Å²) in [6.07, 6.45) is 0. The van der Waals surface area contributed by atoms with Crippen molar-refractivity contribution in [2.75, 3.05) is 19.0 Å². The maximum atomic E-state index is 5.65. The van der Waals surface area contributed by atoms with Crippen LogP contribution in [-0.2, 0) is 0 Å². The van der Waals surface area contributed by atoms with E-state index in [-0.39, 0.29) is 12.4 Å². The summed E-state index contributed by atoms with van der Waals surface area (Å²) in [7, 11) is 0. The van der Waals surface area contributed by atoms with Gasteiger partial charge in [-0.05, 0) is 19.8 Å². The maximum absolute atomic E-state index is 5.65. The van der Waals surface area contributed by atoms with Gasteiger partial charge < -0.3 is 4.90 Å². The molecular formula is C7H15Cl2N. The van der Waals surface area contributed by atoms with Crippen molar-refractivity contribution in [1.82, 2.24) is 4.90 Å². The fourth-order valence-corrected chi connectivity index (χ4v) is 1.32. The minimum Gasteiger partial charge on any atom is -0.300 e. The van der Waals surface area contributed by atoms with Crippen LogP contribution < -0.4 is 0 Å². The van der Waals surface area contributed by atoms with E-state index in [0.29, 0.717) is 6.04 Å². The van der Waals surface area contributed by atoms with Crippen molar-refractivity contribution < 1.29 is 0 Å². The van der Waals surface area contributed by atoms with Crippen LogP contribution in [0, 0.1) is 5.92 Å². The van der Waals surface area contributed by atoms with Gasteiger partial charge in [0.1, 0.15) is 0 Å².